The molecule has 142 valence electrons. The van der Waals surface area contributed by atoms with Gasteiger partial charge in [0.1, 0.15) is 5.75 Å². The van der Waals surface area contributed by atoms with E-state index in [2.05, 4.69) is 10.6 Å². The van der Waals surface area contributed by atoms with Gasteiger partial charge >= 0.3 is 5.97 Å². The molecule has 0 aliphatic rings. The van der Waals surface area contributed by atoms with Gasteiger partial charge in [-0.05, 0) is 50.2 Å². The average molecular weight is 370 g/mol. The van der Waals surface area contributed by atoms with E-state index in [1.807, 2.05) is 0 Å². The van der Waals surface area contributed by atoms with E-state index in [4.69, 9.17) is 9.47 Å². The van der Waals surface area contributed by atoms with Crippen molar-refractivity contribution < 1.29 is 23.9 Å². The van der Waals surface area contributed by atoms with Crippen molar-refractivity contribution in [2.75, 3.05) is 19.0 Å². The highest BCUT2D eigenvalue weighted by atomic mass is 16.5. The molecular weight excluding hydrogens is 348 g/mol. The number of esters is 1. The van der Waals surface area contributed by atoms with Gasteiger partial charge in [0.15, 0.2) is 6.10 Å². The van der Waals surface area contributed by atoms with E-state index in [-0.39, 0.29) is 17.4 Å². The van der Waals surface area contributed by atoms with Crippen molar-refractivity contribution in [1.82, 2.24) is 5.32 Å². The van der Waals surface area contributed by atoms with Crippen molar-refractivity contribution in [3.8, 4) is 5.75 Å². The molecule has 2 aromatic carbocycles. The number of nitrogens with one attached hydrogen (secondary N) is 2. The number of amides is 2. The zero-order valence-electron chi connectivity index (χ0n) is 15.4. The number of methoxy groups -OCH3 is 1. The van der Waals surface area contributed by atoms with Crippen molar-refractivity contribution in [3.05, 3.63) is 59.7 Å². The Labute approximate surface area is 157 Å². The molecular formula is C20H22N2O5. The van der Waals surface area contributed by atoms with E-state index < -0.39 is 12.1 Å². The first-order chi connectivity index (χ1) is 13.0. The van der Waals surface area contributed by atoms with Gasteiger partial charge in [-0.1, -0.05) is 12.1 Å². The Hall–Kier alpha value is -3.35. The number of hydrogen-bond acceptors (Lipinski definition) is 5. The van der Waals surface area contributed by atoms with Gasteiger partial charge < -0.3 is 20.1 Å². The molecule has 0 aliphatic heterocycles. The highest BCUT2D eigenvalue weighted by Gasteiger charge is 2.21. The van der Waals surface area contributed by atoms with Crippen LogP contribution in [0.15, 0.2) is 48.5 Å². The van der Waals surface area contributed by atoms with Crippen LogP contribution in [0.3, 0.4) is 0 Å². The first-order valence-electron chi connectivity index (χ1n) is 8.49. The van der Waals surface area contributed by atoms with Crippen LogP contribution < -0.4 is 15.4 Å². The van der Waals surface area contributed by atoms with Gasteiger partial charge in [0.2, 0.25) is 0 Å². The molecule has 0 saturated heterocycles. The molecule has 0 aromatic heterocycles. The van der Waals surface area contributed by atoms with Gasteiger partial charge in [-0.2, -0.15) is 0 Å². The van der Waals surface area contributed by atoms with E-state index in [1.54, 1.807) is 56.5 Å². The van der Waals surface area contributed by atoms with Gasteiger partial charge in [0.05, 0.1) is 18.4 Å². The largest absolute Gasteiger partial charge is 0.497 e. The molecule has 0 unspecified atom stereocenters. The lowest BCUT2D eigenvalue weighted by Crippen LogP contribution is -2.35. The number of ether oxygens (including phenoxy) is 2. The summed E-state index contributed by atoms with van der Waals surface area (Å²) in [6.45, 7) is 3.70. The molecule has 2 rings (SSSR count). The number of benzene rings is 2. The smallest absolute Gasteiger partial charge is 0.341 e. The SMILES string of the molecule is CCNC(=O)[C@@H](C)OC(=O)c1ccccc1NC(=O)c1ccc(OC)cc1. The number of likely N-dealkylation sites (N-methyl/N-ethyl adjacent to an activating group) is 1. The highest BCUT2D eigenvalue weighted by Crippen LogP contribution is 2.19. The van der Waals surface area contributed by atoms with Crippen LogP contribution in [0.2, 0.25) is 0 Å². The number of carbonyl (C=O) groups is 3. The molecule has 1 atom stereocenters. The lowest BCUT2D eigenvalue weighted by molar-refractivity contribution is -0.128. The van der Waals surface area contributed by atoms with Gasteiger partial charge in [-0.15, -0.1) is 0 Å². The summed E-state index contributed by atoms with van der Waals surface area (Å²) in [4.78, 5) is 36.6. The number of carbonyl (C=O) groups excluding carboxylic acids is 3. The Kier molecular flexibility index (Phi) is 6.93. The zero-order valence-corrected chi connectivity index (χ0v) is 15.4. The van der Waals surface area contributed by atoms with E-state index >= 15 is 0 Å². The topological polar surface area (TPSA) is 93.7 Å². The average Bonchev–Trinajstić information content (AvgIpc) is 2.68. The van der Waals surface area contributed by atoms with Crippen LogP contribution >= 0.6 is 0 Å². The second kappa shape index (κ2) is 9.38. The third kappa shape index (κ3) is 5.31. The van der Waals surface area contributed by atoms with E-state index in [1.165, 1.54) is 13.0 Å². The molecule has 2 N–H and O–H groups in total. The van der Waals surface area contributed by atoms with Crippen LogP contribution in [-0.2, 0) is 9.53 Å². The normalized spacial score (nSPS) is 11.2. The maximum absolute atomic E-state index is 12.4. The first-order valence-corrected chi connectivity index (χ1v) is 8.49. The Morgan fingerprint density at radius 2 is 1.70 bits per heavy atom. The zero-order chi connectivity index (χ0) is 19.8. The molecule has 0 aliphatic carbocycles. The second-order valence-electron chi connectivity index (χ2n) is 5.67. The molecule has 2 aromatic rings. The Bertz CT molecular complexity index is 817. The molecule has 0 spiro atoms. The molecule has 2 amide bonds. The van der Waals surface area contributed by atoms with E-state index in [9.17, 15) is 14.4 Å². The standard InChI is InChI=1S/C20H22N2O5/c1-4-21-18(23)13(2)27-20(25)16-7-5-6-8-17(16)22-19(24)14-9-11-15(26-3)12-10-14/h5-13H,4H2,1-3H3,(H,21,23)(H,22,24)/t13-/m1/s1. The minimum Gasteiger partial charge on any atom is -0.497 e. The van der Waals surface area contributed by atoms with E-state index in [0.29, 0.717) is 23.5 Å². The number of anilines is 1. The van der Waals surface area contributed by atoms with Crippen LogP contribution in [0, 0.1) is 0 Å². The minimum atomic E-state index is -0.942. The predicted molar refractivity (Wildman–Crippen MR) is 101 cm³/mol. The highest BCUT2D eigenvalue weighted by molar-refractivity contribution is 6.08. The fourth-order valence-electron chi connectivity index (χ4n) is 2.30. The van der Waals surface area contributed by atoms with Crippen LogP contribution in [0.5, 0.6) is 5.75 Å². The predicted octanol–water partition coefficient (Wildman–Crippen LogP) is 2.63. The maximum atomic E-state index is 12.4. The summed E-state index contributed by atoms with van der Waals surface area (Å²) in [5.41, 5.74) is 0.872. The second-order valence-corrected chi connectivity index (χ2v) is 5.67. The van der Waals surface area contributed by atoms with Crippen molar-refractivity contribution >= 4 is 23.5 Å². The van der Waals surface area contributed by atoms with E-state index in [0.717, 1.165) is 0 Å². The molecule has 7 heteroatoms. The van der Waals surface area contributed by atoms with Gasteiger partial charge in [0.25, 0.3) is 11.8 Å². The quantitative estimate of drug-likeness (QED) is 0.731. The van der Waals surface area contributed by atoms with Gasteiger partial charge in [-0.25, -0.2) is 4.79 Å². The Balaban J connectivity index is 2.13. The van der Waals surface area contributed by atoms with Crippen LogP contribution in [0.1, 0.15) is 34.6 Å². The molecule has 27 heavy (non-hydrogen) atoms. The number of para-hydroxylation sites is 1. The monoisotopic (exact) mass is 370 g/mol. The summed E-state index contributed by atoms with van der Waals surface area (Å²) in [6.07, 6.45) is -0.942. The lowest BCUT2D eigenvalue weighted by Gasteiger charge is -2.15. The fourth-order valence-corrected chi connectivity index (χ4v) is 2.30. The van der Waals surface area contributed by atoms with Crippen molar-refractivity contribution in [3.63, 3.8) is 0 Å². The molecule has 7 nitrogen and oxygen atoms in total. The molecule has 0 bridgehead atoms. The maximum Gasteiger partial charge on any atom is 0.341 e. The summed E-state index contributed by atoms with van der Waals surface area (Å²) in [7, 11) is 1.54. The van der Waals surface area contributed by atoms with Crippen LogP contribution in [0.25, 0.3) is 0 Å². The summed E-state index contributed by atoms with van der Waals surface area (Å²) in [5, 5.41) is 5.28. The van der Waals surface area contributed by atoms with Gasteiger partial charge in [0, 0.05) is 12.1 Å². The first kappa shape index (κ1) is 20.0. The summed E-state index contributed by atoms with van der Waals surface area (Å²) < 4.78 is 10.3. The fraction of sp³-hybridized carbons (Fsp3) is 0.250. The third-order valence-electron chi connectivity index (χ3n) is 3.75. The molecule has 0 fully saturated rings. The summed E-state index contributed by atoms with van der Waals surface area (Å²) in [6, 6.07) is 13.0. The Morgan fingerprint density at radius 3 is 2.33 bits per heavy atom. The lowest BCUT2D eigenvalue weighted by atomic mass is 10.1. The summed E-state index contributed by atoms with van der Waals surface area (Å²) >= 11 is 0. The molecule has 0 radical (unpaired) electrons. The van der Waals surface area contributed by atoms with Crippen LogP contribution in [-0.4, -0.2) is 37.5 Å². The number of rotatable bonds is 7. The van der Waals surface area contributed by atoms with Crippen molar-refractivity contribution in [2.45, 2.75) is 20.0 Å². The number of hydrogen-bond donors (Lipinski definition) is 2. The third-order valence-corrected chi connectivity index (χ3v) is 3.75. The summed E-state index contributed by atoms with van der Waals surface area (Å²) in [5.74, 6) is -0.825. The minimum absolute atomic E-state index is 0.163. The van der Waals surface area contributed by atoms with Crippen molar-refractivity contribution in [1.29, 1.82) is 0 Å². The van der Waals surface area contributed by atoms with Gasteiger partial charge in [-0.3, -0.25) is 9.59 Å². The molecule has 0 saturated carbocycles. The Morgan fingerprint density at radius 1 is 1.04 bits per heavy atom. The van der Waals surface area contributed by atoms with Crippen LogP contribution in [0.4, 0.5) is 5.69 Å². The van der Waals surface area contributed by atoms with Crippen molar-refractivity contribution in [2.24, 2.45) is 0 Å². The molecule has 0 heterocycles.